The minimum absolute atomic E-state index is 0.0124. The van der Waals surface area contributed by atoms with Crippen molar-refractivity contribution in [2.75, 3.05) is 18.5 Å². The van der Waals surface area contributed by atoms with Gasteiger partial charge in [-0.15, -0.1) is 0 Å². The second-order valence-corrected chi connectivity index (χ2v) is 4.26. The van der Waals surface area contributed by atoms with Crippen LogP contribution in [0.3, 0.4) is 0 Å². The third-order valence-corrected chi connectivity index (χ3v) is 2.81. The van der Waals surface area contributed by atoms with E-state index in [0.29, 0.717) is 0 Å². The largest absolute Gasteiger partial charge is 0.392 e. The van der Waals surface area contributed by atoms with Crippen LogP contribution in [-0.4, -0.2) is 28.7 Å². The van der Waals surface area contributed by atoms with Gasteiger partial charge in [0.05, 0.1) is 6.61 Å². The summed E-state index contributed by atoms with van der Waals surface area (Å²) in [7, 11) is 2.02. The molecule has 1 aromatic rings. The van der Waals surface area contributed by atoms with E-state index in [1.54, 1.807) is 6.20 Å². The Bertz CT molecular complexity index is 350. The van der Waals surface area contributed by atoms with E-state index in [0.717, 1.165) is 29.7 Å². The van der Waals surface area contributed by atoms with Crippen LogP contribution in [0.25, 0.3) is 0 Å². The van der Waals surface area contributed by atoms with Crippen LogP contribution in [0.2, 0.25) is 0 Å². The first-order chi connectivity index (χ1) is 7.20. The van der Waals surface area contributed by atoms with Gasteiger partial charge in [0.25, 0.3) is 0 Å². The number of aryl methyl sites for hydroxylation is 1. The molecule has 0 aliphatic heterocycles. The van der Waals surface area contributed by atoms with Gasteiger partial charge >= 0.3 is 0 Å². The highest BCUT2D eigenvalue weighted by Crippen LogP contribution is 2.30. The van der Waals surface area contributed by atoms with Crippen molar-refractivity contribution in [2.45, 2.75) is 26.4 Å². The Hall–Kier alpha value is -1.16. The fourth-order valence-electron chi connectivity index (χ4n) is 1.59. The van der Waals surface area contributed by atoms with Gasteiger partial charge in [-0.05, 0) is 25.7 Å². The minimum atomic E-state index is 0.0124. The van der Waals surface area contributed by atoms with E-state index in [1.165, 1.54) is 12.8 Å². The summed E-state index contributed by atoms with van der Waals surface area (Å²) in [6, 6.07) is 0. The molecule has 0 radical (unpaired) electrons. The van der Waals surface area contributed by atoms with Crippen molar-refractivity contribution in [1.82, 2.24) is 9.97 Å². The summed E-state index contributed by atoms with van der Waals surface area (Å²) < 4.78 is 0. The maximum Gasteiger partial charge on any atom is 0.225 e. The number of rotatable bonds is 4. The zero-order valence-electron chi connectivity index (χ0n) is 9.27. The predicted molar refractivity (Wildman–Crippen MR) is 58.7 cm³/mol. The first-order valence-electron chi connectivity index (χ1n) is 5.35. The summed E-state index contributed by atoms with van der Waals surface area (Å²) >= 11 is 0. The lowest BCUT2D eigenvalue weighted by atomic mass is 10.2. The van der Waals surface area contributed by atoms with Gasteiger partial charge in [-0.25, -0.2) is 9.97 Å². The SMILES string of the molecule is Cc1nc(N(C)CC2CC2)ncc1CO. The van der Waals surface area contributed by atoms with Gasteiger partial charge in [0.1, 0.15) is 0 Å². The number of hydrogen-bond donors (Lipinski definition) is 1. The van der Waals surface area contributed by atoms with Crippen molar-refractivity contribution in [1.29, 1.82) is 0 Å². The Morgan fingerprint density at radius 1 is 1.53 bits per heavy atom. The highest BCUT2D eigenvalue weighted by molar-refractivity contribution is 5.31. The molecule has 1 fully saturated rings. The summed E-state index contributed by atoms with van der Waals surface area (Å²) in [5.41, 5.74) is 1.67. The van der Waals surface area contributed by atoms with Gasteiger partial charge < -0.3 is 10.0 Å². The number of hydrogen-bond acceptors (Lipinski definition) is 4. The molecule has 0 amide bonds. The fraction of sp³-hybridized carbons (Fsp3) is 0.636. The lowest BCUT2D eigenvalue weighted by Gasteiger charge is -2.17. The van der Waals surface area contributed by atoms with E-state index in [2.05, 4.69) is 14.9 Å². The number of aliphatic hydroxyl groups excluding tert-OH is 1. The van der Waals surface area contributed by atoms with Crippen LogP contribution in [0, 0.1) is 12.8 Å². The topological polar surface area (TPSA) is 49.2 Å². The van der Waals surface area contributed by atoms with Gasteiger partial charge in [-0.1, -0.05) is 0 Å². The van der Waals surface area contributed by atoms with Gasteiger partial charge in [0, 0.05) is 31.0 Å². The number of aliphatic hydroxyl groups is 1. The molecule has 0 unspecified atom stereocenters. The second kappa shape index (κ2) is 4.14. The highest BCUT2D eigenvalue weighted by Gasteiger charge is 2.23. The third-order valence-electron chi connectivity index (χ3n) is 2.81. The van der Waals surface area contributed by atoms with Gasteiger partial charge in [-0.3, -0.25) is 0 Å². The van der Waals surface area contributed by atoms with E-state index in [4.69, 9.17) is 5.11 Å². The first-order valence-corrected chi connectivity index (χ1v) is 5.35. The van der Waals surface area contributed by atoms with Gasteiger partial charge in [0.15, 0.2) is 0 Å². The molecule has 1 heterocycles. The Morgan fingerprint density at radius 2 is 2.27 bits per heavy atom. The Balaban J connectivity index is 2.09. The highest BCUT2D eigenvalue weighted by atomic mass is 16.3. The predicted octanol–water partition coefficient (Wildman–Crippen LogP) is 1.12. The Morgan fingerprint density at radius 3 is 2.80 bits per heavy atom. The molecule has 4 heteroatoms. The summed E-state index contributed by atoms with van der Waals surface area (Å²) in [6.07, 6.45) is 4.37. The van der Waals surface area contributed by atoms with Crippen LogP contribution in [0.4, 0.5) is 5.95 Å². The molecule has 1 aromatic heterocycles. The van der Waals surface area contributed by atoms with E-state index in [1.807, 2.05) is 14.0 Å². The van der Waals surface area contributed by atoms with Crippen molar-refractivity contribution < 1.29 is 5.11 Å². The normalized spacial score (nSPS) is 15.4. The number of nitrogens with zero attached hydrogens (tertiary/aromatic N) is 3. The molecule has 0 saturated heterocycles. The Labute approximate surface area is 90.0 Å². The van der Waals surface area contributed by atoms with Crippen molar-refractivity contribution in [3.63, 3.8) is 0 Å². The smallest absolute Gasteiger partial charge is 0.225 e. The summed E-state index contributed by atoms with van der Waals surface area (Å²) in [5.74, 6) is 1.59. The molecular weight excluding hydrogens is 190 g/mol. The minimum Gasteiger partial charge on any atom is -0.392 e. The van der Waals surface area contributed by atoms with Crippen LogP contribution in [-0.2, 0) is 6.61 Å². The summed E-state index contributed by atoms with van der Waals surface area (Å²) in [6.45, 7) is 2.96. The van der Waals surface area contributed by atoms with Gasteiger partial charge in [-0.2, -0.15) is 0 Å². The molecule has 1 aliphatic rings. The van der Waals surface area contributed by atoms with E-state index in [-0.39, 0.29) is 6.61 Å². The average Bonchev–Trinajstić information content (AvgIpc) is 3.01. The molecular formula is C11H17N3O. The van der Waals surface area contributed by atoms with Crippen LogP contribution < -0.4 is 4.90 Å². The molecule has 82 valence electrons. The van der Waals surface area contributed by atoms with E-state index >= 15 is 0 Å². The quantitative estimate of drug-likeness (QED) is 0.804. The molecule has 4 nitrogen and oxygen atoms in total. The molecule has 0 bridgehead atoms. The molecule has 1 aliphatic carbocycles. The lowest BCUT2D eigenvalue weighted by Crippen LogP contribution is -2.22. The average molecular weight is 207 g/mol. The van der Waals surface area contributed by atoms with E-state index in [9.17, 15) is 0 Å². The third kappa shape index (κ3) is 2.45. The molecule has 0 atom stereocenters. The summed E-state index contributed by atoms with van der Waals surface area (Å²) in [4.78, 5) is 10.7. The monoisotopic (exact) mass is 207 g/mol. The molecule has 0 spiro atoms. The van der Waals surface area contributed by atoms with Crippen LogP contribution in [0.15, 0.2) is 6.20 Å². The molecule has 1 saturated carbocycles. The molecule has 15 heavy (non-hydrogen) atoms. The van der Waals surface area contributed by atoms with Crippen LogP contribution >= 0.6 is 0 Å². The standard InChI is InChI=1S/C11H17N3O/c1-8-10(7-15)5-12-11(13-8)14(2)6-9-3-4-9/h5,9,15H,3-4,6-7H2,1-2H3. The maximum atomic E-state index is 9.01. The zero-order valence-corrected chi connectivity index (χ0v) is 9.27. The summed E-state index contributed by atoms with van der Waals surface area (Å²) in [5, 5.41) is 9.01. The molecule has 2 rings (SSSR count). The van der Waals surface area contributed by atoms with Crippen molar-refractivity contribution in [3.8, 4) is 0 Å². The Kier molecular flexibility index (Phi) is 2.86. The first kappa shape index (κ1) is 10.4. The van der Waals surface area contributed by atoms with Crippen LogP contribution in [0.5, 0.6) is 0 Å². The van der Waals surface area contributed by atoms with Gasteiger partial charge in [0.2, 0.25) is 5.95 Å². The molecule has 1 N–H and O–H groups in total. The number of anilines is 1. The lowest BCUT2D eigenvalue weighted by molar-refractivity contribution is 0.280. The van der Waals surface area contributed by atoms with Crippen molar-refractivity contribution >= 4 is 5.95 Å². The second-order valence-electron chi connectivity index (χ2n) is 4.26. The van der Waals surface area contributed by atoms with Crippen molar-refractivity contribution in [3.05, 3.63) is 17.5 Å². The van der Waals surface area contributed by atoms with Crippen molar-refractivity contribution in [2.24, 2.45) is 5.92 Å². The number of aromatic nitrogens is 2. The van der Waals surface area contributed by atoms with Crippen LogP contribution in [0.1, 0.15) is 24.1 Å². The van der Waals surface area contributed by atoms with E-state index < -0.39 is 0 Å². The fourth-order valence-corrected chi connectivity index (χ4v) is 1.59. The zero-order chi connectivity index (χ0) is 10.8. The maximum absolute atomic E-state index is 9.01. The molecule has 0 aromatic carbocycles.